The minimum Gasteiger partial charge on any atom is -0.422 e. The summed E-state index contributed by atoms with van der Waals surface area (Å²) in [4.78, 5) is 0. The summed E-state index contributed by atoms with van der Waals surface area (Å²) < 4.78 is 5.07. The first-order valence-electron chi connectivity index (χ1n) is 3.77. The Hall–Kier alpha value is -0.940. The summed E-state index contributed by atoms with van der Waals surface area (Å²) in [7, 11) is 0. The van der Waals surface area contributed by atoms with Crippen LogP contribution >= 0.6 is 0 Å². The van der Waals surface area contributed by atoms with Gasteiger partial charge < -0.3 is 14.6 Å². The van der Waals surface area contributed by atoms with Crippen LogP contribution in [0.2, 0.25) is 0 Å². The van der Waals surface area contributed by atoms with E-state index in [2.05, 4.69) is 10.2 Å². The lowest BCUT2D eigenvalue weighted by molar-refractivity contribution is 0.0719. The maximum Gasteiger partial charge on any atom is 0.247 e. The van der Waals surface area contributed by atoms with Crippen molar-refractivity contribution in [3.05, 3.63) is 11.8 Å². The van der Waals surface area contributed by atoms with Crippen molar-refractivity contribution in [3.63, 3.8) is 0 Å². The Balaban J connectivity index is 2.77. The van der Waals surface area contributed by atoms with Crippen LogP contribution in [-0.4, -0.2) is 27.0 Å². The molecule has 5 heteroatoms. The molecule has 12 heavy (non-hydrogen) atoms. The summed E-state index contributed by atoms with van der Waals surface area (Å²) in [6.45, 7) is 3.41. The van der Waals surface area contributed by atoms with Gasteiger partial charge >= 0.3 is 0 Å². The number of aliphatic hydroxyl groups is 2. The summed E-state index contributed by atoms with van der Waals surface area (Å²) in [5, 5.41) is 24.9. The minimum atomic E-state index is -1.06. The lowest BCUT2D eigenvalue weighted by atomic mass is 10.2. The normalized spacial score (nSPS) is 13.8. The van der Waals surface area contributed by atoms with Crippen LogP contribution < -0.4 is 0 Å². The molecule has 1 aromatic rings. The number of nitrogens with zero attached hydrogens (tertiary/aromatic N) is 2. The molecule has 0 amide bonds. The molecule has 0 saturated heterocycles. The molecule has 0 aromatic carbocycles. The molecule has 0 bridgehead atoms. The minimum absolute atomic E-state index is 0.0706. The molecule has 0 aliphatic carbocycles. The third kappa shape index (κ3) is 1.80. The van der Waals surface area contributed by atoms with Crippen LogP contribution in [0.5, 0.6) is 0 Å². The molecule has 0 fully saturated rings. The Morgan fingerprint density at radius 1 is 1.33 bits per heavy atom. The molecule has 0 aliphatic rings. The summed E-state index contributed by atoms with van der Waals surface area (Å²) in [5.41, 5.74) is 0. The fraction of sp³-hybridized carbons (Fsp3) is 0.714. The quantitative estimate of drug-likeness (QED) is 0.681. The van der Waals surface area contributed by atoms with Crippen molar-refractivity contribution in [2.75, 3.05) is 6.61 Å². The number of hydrogen-bond donors (Lipinski definition) is 2. The van der Waals surface area contributed by atoms with E-state index in [4.69, 9.17) is 14.6 Å². The number of hydrogen-bond acceptors (Lipinski definition) is 5. The van der Waals surface area contributed by atoms with Gasteiger partial charge in [-0.15, -0.1) is 10.2 Å². The second kappa shape index (κ2) is 3.64. The van der Waals surface area contributed by atoms with Crippen molar-refractivity contribution in [2.45, 2.75) is 25.9 Å². The van der Waals surface area contributed by atoms with Gasteiger partial charge in [-0.2, -0.15) is 0 Å². The molecule has 0 radical (unpaired) electrons. The van der Waals surface area contributed by atoms with Crippen molar-refractivity contribution in [1.29, 1.82) is 0 Å². The van der Waals surface area contributed by atoms with Crippen LogP contribution in [0.25, 0.3) is 0 Å². The van der Waals surface area contributed by atoms with E-state index in [9.17, 15) is 0 Å². The van der Waals surface area contributed by atoms with Gasteiger partial charge in [0.2, 0.25) is 11.8 Å². The summed E-state index contributed by atoms with van der Waals surface area (Å²) >= 11 is 0. The largest absolute Gasteiger partial charge is 0.422 e. The van der Waals surface area contributed by atoms with E-state index in [-0.39, 0.29) is 11.8 Å². The van der Waals surface area contributed by atoms with Crippen molar-refractivity contribution in [1.82, 2.24) is 10.2 Å². The number of aromatic nitrogens is 2. The van der Waals surface area contributed by atoms with Crippen LogP contribution in [0, 0.1) is 0 Å². The Kier molecular flexibility index (Phi) is 2.78. The lowest BCUT2D eigenvalue weighted by Crippen LogP contribution is -2.02. The van der Waals surface area contributed by atoms with E-state index in [0.717, 1.165) is 0 Å². The van der Waals surface area contributed by atoms with Crippen LogP contribution in [-0.2, 0) is 0 Å². The molecule has 1 heterocycles. The first-order valence-corrected chi connectivity index (χ1v) is 3.77. The predicted octanol–water partition coefficient (Wildman–Crippen LogP) is 0.219. The smallest absolute Gasteiger partial charge is 0.247 e. The molecule has 2 N–H and O–H groups in total. The Morgan fingerprint density at radius 2 is 1.92 bits per heavy atom. The predicted molar refractivity (Wildman–Crippen MR) is 40.4 cm³/mol. The molecular formula is C7H12N2O3. The van der Waals surface area contributed by atoms with E-state index in [1.807, 2.05) is 13.8 Å². The van der Waals surface area contributed by atoms with Crippen LogP contribution in [0.3, 0.4) is 0 Å². The zero-order chi connectivity index (χ0) is 9.14. The van der Waals surface area contributed by atoms with Crippen molar-refractivity contribution in [3.8, 4) is 0 Å². The van der Waals surface area contributed by atoms with Crippen molar-refractivity contribution >= 4 is 0 Å². The van der Waals surface area contributed by atoms with E-state index < -0.39 is 12.7 Å². The average molecular weight is 172 g/mol. The Labute approximate surface area is 70.0 Å². The molecule has 1 rings (SSSR count). The van der Waals surface area contributed by atoms with Gasteiger partial charge in [0, 0.05) is 5.92 Å². The highest BCUT2D eigenvalue weighted by molar-refractivity contribution is 4.89. The van der Waals surface area contributed by atoms with Gasteiger partial charge in [-0.25, -0.2) is 0 Å². The molecule has 0 aliphatic heterocycles. The average Bonchev–Trinajstić information content (AvgIpc) is 2.51. The van der Waals surface area contributed by atoms with E-state index in [1.165, 1.54) is 0 Å². The maximum atomic E-state index is 9.08. The van der Waals surface area contributed by atoms with Gasteiger partial charge in [0.1, 0.15) is 0 Å². The van der Waals surface area contributed by atoms with Crippen molar-refractivity contribution in [2.24, 2.45) is 0 Å². The first-order chi connectivity index (χ1) is 5.65. The summed E-state index contributed by atoms with van der Waals surface area (Å²) in [5.74, 6) is 0.677. The second-order valence-electron chi connectivity index (χ2n) is 2.83. The highest BCUT2D eigenvalue weighted by Gasteiger charge is 2.15. The maximum absolute atomic E-state index is 9.08. The highest BCUT2D eigenvalue weighted by atomic mass is 16.4. The molecule has 0 saturated carbocycles. The number of aliphatic hydroxyl groups excluding tert-OH is 2. The molecule has 68 valence electrons. The van der Waals surface area contributed by atoms with Crippen LogP contribution in [0.1, 0.15) is 37.7 Å². The van der Waals surface area contributed by atoms with E-state index in [0.29, 0.717) is 5.89 Å². The fourth-order valence-electron chi connectivity index (χ4n) is 0.693. The summed E-state index contributed by atoms with van der Waals surface area (Å²) in [6.07, 6.45) is -1.06. The molecule has 1 unspecified atom stereocenters. The Morgan fingerprint density at radius 3 is 2.33 bits per heavy atom. The molecule has 0 spiro atoms. The second-order valence-corrected chi connectivity index (χ2v) is 2.83. The standard InChI is InChI=1S/C7H12N2O3/c1-4(2)6-8-9-7(12-6)5(11)3-10/h4-5,10-11H,3H2,1-2H3. The SMILES string of the molecule is CC(C)c1nnc(C(O)CO)o1. The fourth-order valence-corrected chi connectivity index (χ4v) is 0.693. The van der Waals surface area contributed by atoms with Gasteiger partial charge in [0.05, 0.1) is 6.61 Å². The zero-order valence-electron chi connectivity index (χ0n) is 7.06. The van der Waals surface area contributed by atoms with Gasteiger partial charge in [0.25, 0.3) is 0 Å². The first kappa shape index (κ1) is 9.15. The van der Waals surface area contributed by atoms with Gasteiger partial charge in [0.15, 0.2) is 6.10 Å². The third-order valence-corrected chi connectivity index (χ3v) is 1.41. The van der Waals surface area contributed by atoms with Gasteiger partial charge in [-0.3, -0.25) is 0 Å². The topological polar surface area (TPSA) is 79.4 Å². The van der Waals surface area contributed by atoms with E-state index in [1.54, 1.807) is 0 Å². The van der Waals surface area contributed by atoms with E-state index >= 15 is 0 Å². The van der Waals surface area contributed by atoms with Gasteiger partial charge in [-0.05, 0) is 0 Å². The molecule has 5 nitrogen and oxygen atoms in total. The number of rotatable bonds is 3. The highest BCUT2D eigenvalue weighted by Crippen LogP contribution is 2.15. The molecule has 1 aromatic heterocycles. The zero-order valence-corrected chi connectivity index (χ0v) is 7.06. The molecular weight excluding hydrogens is 160 g/mol. The van der Waals surface area contributed by atoms with Crippen LogP contribution in [0.4, 0.5) is 0 Å². The lowest BCUT2D eigenvalue weighted by Gasteiger charge is -1.99. The van der Waals surface area contributed by atoms with Crippen molar-refractivity contribution < 1.29 is 14.6 Å². The van der Waals surface area contributed by atoms with Crippen LogP contribution in [0.15, 0.2) is 4.42 Å². The summed E-state index contributed by atoms with van der Waals surface area (Å²) in [6, 6.07) is 0. The van der Waals surface area contributed by atoms with Gasteiger partial charge in [-0.1, -0.05) is 13.8 Å². The monoisotopic (exact) mass is 172 g/mol. The third-order valence-electron chi connectivity index (χ3n) is 1.41. The molecule has 1 atom stereocenters. The Bertz CT molecular complexity index is 247.